The van der Waals surface area contributed by atoms with E-state index in [-0.39, 0.29) is 18.0 Å². The van der Waals surface area contributed by atoms with Crippen molar-refractivity contribution in [3.8, 4) is 11.1 Å². The second-order valence-corrected chi connectivity index (χ2v) is 7.37. The molecule has 122 valence electrons. The Morgan fingerprint density at radius 1 is 1.00 bits per heavy atom. The molecule has 0 aliphatic carbocycles. The number of amides is 1. The van der Waals surface area contributed by atoms with Crippen LogP contribution in [0.4, 0.5) is 0 Å². The van der Waals surface area contributed by atoms with Crippen LogP contribution in [-0.2, 0) is 0 Å². The van der Waals surface area contributed by atoms with Gasteiger partial charge in [-0.3, -0.25) is 4.79 Å². The van der Waals surface area contributed by atoms with Crippen molar-refractivity contribution in [3.05, 3.63) is 58.1 Å². The molecule has 0 spiro atoms. The topological polar surface area (TPSA) is 20.3 Å². The third-order valence-corrected chi connectivity index (χ3v) is 4.38. The second kappa shape index (κ2) is 7.31. The molecule has 0 radical (unpaired) electrons. The van der Waals surface area contributed by atoms with Gasteiger partial charge in [0.25, 0.3) is 5.91 Å². The molecule has 1 amide bonds. The highest BCUT2D eigenvalue weighted by molar-refractivity contribution is 9.10. The summed E-state index contributed by atoms with van der Waals surface area (Å²) >= 11 is 3.52. The van der Waals surface area contributed by atoms with Crippen LogP contribution < -0.4 is 0 Å². The van der Waals surface area contributed by atoms with E-state index in [2.05, 4.69) is 55.8 Å². The molecule has 0 saturated heterocycles. The largest absolute Gasteiger partial charge is 0.334 e. The molecule has 0 aromatic heterocycles. The van der Waals surface area contributed by atoms with Crippen LogP contribution in [0.5, 0.6) is 0 Å². The smallest absolute Gasteiger partial charge is 0.254 e. The Bertz CT molecular complexity index is 699. The number of aryl methyl sites for hydroxylation is 1. The molecule has 2 aromatic rings. The third-order valence-electron chi connectivity index (χ3n) is 3.89. The average Bonchev–Trinajstić information content (AvgIpc) is 2.46. The molecule has 0 N–H and O–H groups in total. The van der Waals surface area contributed by atoms with Gasteiger partial charge in [-0.2, -0.15) is 0 Å². The van der Waals surface area contributed by atoms with Gasteiger partial charge in [-0.25, -0.2) is 0 Å². The van der Waals surface area contributed by atoms with Gasteiger partial charge in [-0.15, -0.1) is 0 Å². The first-order chi connectivity index (χ1) is 10.8. The van der Waals surface area contributed by atoms with E-state index in [9.17, 15) is 4.79 Å². The first-order valence-corrected chi connectivity index (χ1v) is 8.79. The number of carbonyl (C=O) groups excluding carboxylic acids is 1. The van der Waals surface area contributed by atoms with E-state index in [1.807, 2.05) is 42.2 Å². The van der Waals surface area contributed by atoms with Crippen LogP contribution in [0, 0.1) is 6.92 Å². The van der Waals surface area contributed by atoms with Gasteiger partial charge in [-0.1, -0.05) is 45.8 Å². The van der Waals surface area contributed by atoms with Gasteiger partial charge < -0.3 is 4.90 Å². The number of benzene rings is 2. The molecule has 23 heavy (non-hydrogen) atoms. The van der Waals surface area contributed by atoms with Crippen LogP contribution in [0.25, 0.3) is 11.1 Å². The molecule has 0 unspecified atom stereocenters. The molecule has 0 bridgehead atoms. The lowest BCUT2D eigenvalue weighted by atomic mass is 9.96. The van der Waals surface area contributed by atoms with Crippen molar-refractivity contribution in [3.63, 3.8) is 0 Å². The summed E-state index contributed by atoms with van der Waals surface area (Å²) in [5, 5.41) is 0. The molecule has 0 heterocycles. The zero-order valence-electron chi connectivity index (χ0n) is 14.4. The highest BCUT2D eigenvalue weighted by Gasteiger charge is 2.24. The van der Waals surface area contributed by atoms with Crippen LogP contribution in [0.3, 0.4) is 0 Å². The fourth-order valence-electron chi connectivity index (χ4n) is 2.95. The van der Waals surface area contributed by atoms with Gasteiger partial charge in [0.15, 0.2) is 0 Å². The van der Waals surface area contributed by atoms with E-state index in [1.165, 1.54) is 0 Å². The Morgan fingerprint density at radius 3 is 2.22 bits per heavy atom. The van der Waals surface area contributed by atoms with Gasteiger partial charge >= 0.3 is 0 Å². The summed E-state index contributed by atoms with van der Waals surface area (Å²) in [6, 6.07) is 14.5. The van der Waals surface area contributed by atoms with Gasteiger partial charge in [0.05, 0.1) is 0 Å². The maximum Gasteiger partial charge on any atom is 0.254 e. The van der Waals surface area contributed by atoms with Gasteiger partial charge in [0.1, 0.15) is 0 Å². The van der Waals surface area contributed by atoms with Gasteiger partial charge in [-0.05, 0) is 63.9 Å². The standard InChI is InChI=1S/C20H24BrNO/c1-13(2)22(14(3)4)20(23)19-11-15(5)9-10-18(19)16-7-6-8-17(21)12-16/h6-14H,1-5H3. The number of rotatable bonds is 4. The third kappa shape index (κ3) is 4.03. The lowest BCUT2D eigenvalue weighted by molar-refractivity contribution is 0.0644. The zero-order valence-corrected chi connectivity index (χ0v) is 16.0. The number of halogens is 1. The first-order valence-electron chi connectivity index (χ1n) is 8.00. The van der Waals surface area contributed by atoms with Crippen LogP contribution in [0.15, 0.2) is 46.9 Å². The summed E-state index contributed by atoms with van der Waals surface area (Å²) in [6.45, 7) is 10.3. The Labute approximate surface area is 147 Å². The van der Waals surface area contributed by atoms with E-state index in [0.29, 0.717) is 0 Å². The Morgan fingerprint density at radius 2 is 1.65 bits per heavy atom. The Hall–Kier alpha value is -1.61. The summed E-state index contributed by atoms with van der Waals surface area (Å²) in [5.41, 5.74) is 3.90. The highest BCUT2D eigenvalue weighted by atomic mass is 79.9. The number of hydrogen-bond acceptors (Lipinski definition) is 1. The lowest BCUT2D eigenvalue weighted by Crippen LogP contribution is -2.42. The summed E-state index contributed by atoms with van der Waals surface area (Å²) < 4.78 is 1.01. The van der Waals surface area contributed by atoms with E-state index in [4.69, 9.17) is 0 Å². The summed E-state index contributed by atoms with van der Waals surface area (Å²) in [5.74, 6) is 0.0914. The van der Waals surface area contributed by atoms with Crippen molar-refractivity contribution >= 4 is 21.8 Å². The van der Waals surface area contributed by atoms with Crippen molar-refractivity contribution in [2.75, 3.05) is 0 Å². The minimum atomic E-state index is 0.0914. The summed E-state index contributed by atoms with van der Waals surface area (Å²) in [4.78, 5) is 15.1. The minimum absolute atomic E-state index is 0.0914. The van der Waals surface area contributed by atoms with Crippen LogP contribution >= 0.6 is 15.9 Å². The molecule has 0 atom stereocenters. The number of hydrogen-bond donors (Lipinski definition) is 0. The van der Waals surface area contributed by atoms with E-state index < -0.39 is 0 Å². The molecule has 0 aliphatic heterocycles. The predicted molar refractivity (Wildman–Crippen MR) is 101 cm³/mol. The fourth-order valence-corrected chi connectivity index (χ4v) is 3.35. The second-order valence-electron chi connectivity index (χ2n) is 6.46. The SMILES string of the molecule is Cc1ccc(-c2cccc(Br)c2)c(C(=O)N(C(C)C)C(C)C)c1. The molecule has 0 fully saturated rings. The monoisotopic (exact) mass is 373 g/mol. The lowest BCUT2D eigenvalue weighted by Gasteiger charge is -2.31. The molecule has 2 nitrogen and oxygen atoms in total. The van der Waals surface area contributed by atoms with Crippen LogP contribution in [0.1, 0.15) is 43.6 Å². The van der Waals surface area contributed by atoms with E-state index in [0.717, 1.165) is 26.7 Å². The van der Waals surface area contributed by atoms with Crippen molar-refractivity contribution < 1.29 is 4.79 Å². The predicted octanol–water partition coefficient (Wildman–Crippen LogP) is 5.68. The maximum atomic E-state index is 13.2. The van der Waals surface area contributed by atoms with Crippen molar-refractivity contribution in [1.29, 1.82) is 0 Å². The fraction of sp³-hybridized carbons (Fsp3) is 0.350. The molecular formula is C20H24BrNO. The quantitative estimate of drug-likeness (QED) is 0.674. The number of nitrogens with zero attached hydrogens (tertiary/aromatic N) is 1. The van der Waals surface area contributed by atoms with Gasteiger partial charge in [0.2, 0.25) is 0 Å². The number of carbonyl (C=O) groups is 1. The summed E-state index contributed by atoms with van der Waals surface area (Å²) in [7, 11) is 0. The summed E-state index contributed by atoms with van der Waals surface area (Å²) in [6.07, 6.45) is 0. The van der Waals surface area contributed by atoms with Crippen molar-refractivity contribution in [2.24, 2.45) is 0 Å². The molecular weight excluding hydrogens is 350 g/mol. The molecule has 0 aliphatic rings. The maximum absolute atomic E-state index is 13.2. The Kier molecular flexibility index (Phi) is 5.64. The highest BCUT2D eigenvalue weighted by Crippen LogP contribution is 2.29. The molecule has 0 saturated carbocycles. The van der Waals surface area contributed by atoms with E-state index in [1.54, 1.807) is 0 Å². The van der Waals surface area contributed by atoms with Crippen LogP contribution in [0.2, 0.25) is 0 Å². The van der Waals surface area contributed by atoms with Crippen molar-refractivity contribution in [1.82, 2.24) is 4.90 Å². The van der Waals surface area contributed by atoms with E-state index >= 15 is 0 Å². The zero-order chi connectivity index (χ0) is 17.1. The normalized spacial score (nSPS) is 11.1. The Balaban J connectivity index is 2.57. The molecule has 2 rings (SSSR count). The minimum Gasteiger partial charge on any atom is -0.334 e. The van der Waals surface area contributed by atoms with Gasteiger partial charge in [0, 0.05) is 22.1 Å². The first kappa shape index (κ1) is 17.7. The average molecular weight is 374 g/mol. The molecule has 3 heteroatoms. The van der Waals surface area contributed by atoms with Crippen LogP contribution in [-0.4, -0.2) is 22.9 Å². The van der Waals surface area contributed by atoms with Crippen molar-refractivity contribution in [2.45, 2.75) is 46.7 Å². The molecule has 2 aromatic carbocycles.